The highest BCUT2D eigenvalue weighted by molar-refractivity contribution is 5.92. The fourth-order valence-electron chi connectivity index (χ4n) is 2.69. The number of nitrogens with one attached hydrogen (secondary N) is 2. The highest BCUT2D eigenvalue weighted by Crippen LogP contribution is 2.41. The lowest BCUT2D eigenvalue weighted by Gasteiger charge is -2.52. The van der Waals surface area contributed by atoms with Crippen molar-refractivity contribution in [3.63, 3.8) is 0 Å². The Labute approximate surface area is 138 Å². The number of alkyl carbamates (subject to hydrolysis) is 1. The third-order valence-corrected chi connectivity index (χ3v) is 3.72. The summed E-state index contributed by atoms with van der Waals surface area (Å²) >= 11 is 0. The van der Waals surface area contributed by atoms with Crippen LogP contribution in [-0.4, -0.2) is 53.6 Å². The Morgan fingerprint density at radius 1 is 1.22 bits per heavy atom. The lowest BCUT2D eigenvalue weighted by atomic mass is 9.63. The van der Waals surface area contributed by atoms with Gasteiger partial charge in [-0.1, -0.05) is 0 Å². The molecule has 1 rings (SSSR count). The molecule has 3 N–H and O–H groups in total. The van der Waals surface area contributed by atoms with E-state index >= 15 is 0 Å². The number of aliphatic hydroxyl groups excluding tert-OH is 1. The number of ether oxygens (including phenoxy) is 2. The summed E-state index contributed by atoms with van der Waals surface area (Å²) in [5, 5.41) is 15.2. The Bertz CT molecular complexity index is 452. The van der Waals surface area contributed by atoms with Gasteiger partial charge in [0, 0.05) is 25.0 Å². The summed E-state index contributed by atoms with van der Waals surface area (Å²) in [5.74, 6) is -0.870. The van der Waals surface area contributed by atoms with Crippen LogP contribution < -0.4 is 10.6 Å². The number of carbonyl (C=O) groups excluding carboxylic acids is 2. The predicted octanol–water partition coefficient (Wildman–Crippen LogP) is 1.19. The Hall–Kier alpha value is -1.34. The second kappa shape index (κ2) is 6.65. The summed E-state index contributed by atoms with van der Waals surface area (Å²) in [4.78, 5) is 24.9. The van der Waals surface area contributed by atoms with Crippen LogP contribution in [0.1, 0.15) is 48.0 Å². The van der Waals surface area contributed by atoms with Gasteiger partial charge in [-0.15, -0.1) is 0 Å². The first-order chi connectivity index (χ1) is 10.3. The Morgan fingerprint density at radius 2 is 1.78 bits per heavy atom. The highest BCUT2D eigenvalue weighted by Gasteiger charge is 2.60. The molecule has 0 spiro atoms. The van der Waals surface area contributed by atoms with Gasteiger partial charge in [-0.05, 0) is 41.5 Å². The molecule has 2 amide bonds. The van der Waals surface area contributed by atoms with Crippen LogP contribution >= 0.6 is 0 Å². The number of carbonyl (C=O) groups is 2. The minimum absolute atomic E-state index is 0.272. The first-order valence-corrected chi connectivity index (χ1v) is 7.82. The summed E-state index contributed by atoms with van der Waals surface area (Å²) in [5.41, 5.74) is -2.37. The van der Waals surface area contributed by atoms with E-state index in [2.05, 4.69) is 10.6 Å². The van der Waals surface area contributed by atoms with Crippen LogP contribution in [0.15, 0.2) is 0 Å². The SMILES string of the molecule is COC1CC(NC(=O)OC(C)(C)C)(C(=O)NC(C)(C)C)C1CO. The molecule has 7 heteroatoms. The fraction of sp³-hybridized carbons (Fsp3) is 0.875. The molecule has 0 aromatic carbocycles. The number of hydrogen-bond donors (Lipinski definition) is 3. The molecule has 1 saturated carbocycles. The maximum absolute atomic E-state index is 12.7. The molecule has 23 heavy (non-hydrogen) atoms. The van der Waals surface area contributed by atoms with Crippen molar-refractivity contribution < 1.29 is 24.2 Å². The van der Waals surface area contributed by atoms with Crippen molar-refractivity contribution in [3.05, 3.63) is 0 Å². The quantitative estimate of drug-likeness (QED) is 0.719. The normalized spacial score (nSPS) is 27.8. The largest absolute Gasteiger partial charge is 0.444 e. The van der Waals surface area contributed by atoms with Crippen LogP contribution in [-0.2, 0) is 14.3 Å². The fourth-order valence-corrected chi connectivity index (χ4v) is 2.69. The third-order valence-electron chi connectivity index (χ3n) is 3.72. The van der Waals surface area contributed by atoms with Crippen molar-refractivity contribution in [2.45, 2.75) is 70.7 Å². The monoisotopic (exact) mass is 330 g/mol. The zero-order chi connectivity index (χ0) is 18.1. The number of rotatable bonds is 4. The zero-order valence-corrected chi connectivity index (χ0v) is 15.1. The van der Waals surface area contributed by atoms with E-state index in [9.17, 15) is 14.7 Å². The summed E-state index contributed by atoms with van der Waals surface area (Å²) in [6.45, 7) is 10.5. The van der Waals surface area contributed by atoms with Crippen molar-refractivity contribution in [3.8, 4) is 0 Å². The minimum Gasteiger partial charge on any atom is -0.444 e. The van der Waals surface area contributed by atoms with Crippen LogP contribution in [0.25, 0.3) is 0 Å². The van der Waals surface area contributed by atoms with Gasteiger partial charge in [0.05, 0.1) is 12.7 Å². The van der Waals surface area contributed by atoms with Crippen molar-refractivity contribution in [1.29, 1.82) is 0 Å². The minimum atomic E-state index is -1.23. The Kier molecular flexibility index (Phi) is 5.70. The molecule has 1 fully saturated rings. The number of methoxy groups -OCH3 is 1. The Balaban J connectivity index is 2.99. The van der Waals surface area contributed by atoms with Gasteiger partial charge in [-0.2, -0.15) is 0 Å². The molecule has 0 aromatic rings. The second-order valence-electron chi connectivity index (χ2n) is 8.07. The summed E-state index contributed by atoms with van der Waals surface area (Å²) < 4.78 is 10.5. The van der Waals surface area contributed by atoms with Crippen molar-refractivity contribution in [1.82, 2.24) is 10.6 Å². The van der Waals surface area contributed by atoms with Gasteiger partial charge in [0.15, 0.2) is 0 Å². The molecule has 0 heterocycles. The highest BCUT2D eigenvalue weighted by atomic mass is 16.6. The van der Waals surface area contributed by atoms with E-state index in [1.165, 1.54) is 7.11 Å². The molecule has 3 unspecified atom stereocenters. The predicted molar refractivity (Wildman–Crippen MR) is 86.0 cm³/mol. The van der Waals surface area contributed by atoms with Crippen molar-refractivity contribution >= 4 is 12.0 Å². The molecule has 0 aromatic heterocycles. The topological polar surface area (TPSA) is 96.9 Å². The summed E-state index contributed by atoms with van der Waals surface area (Å²) in [7, 11) is 1.52. The molecule has 7 nitrogen and oxygen atoms in total. The molecule has 0 radical (unpaired) electrons. The maximum atomic E-state index is 12.7. The molecule has 3 atom stereocenters. The van der Waals surface area contributed by atoms with Crippen molar-refractivity contribution in [2.24, 2.45) is 5.92 Å². The van der Waals surface area contributed by atoms with Crippen LogP contribution in [0.3, 0.4) is 0 Å². The molecule has 1 aliphatic carbocycles. The maximum Gasteiger partial charge on any atom is 0.408 e. The van der Waals surface area contributed by atoms with Crippen LogP contribution in [0.5, 0.6) is 0 Å². The van der Waals surface area contributed by atoms with Gasteiger partial charge in [-0.25, -0.2) is 4.79 Å². The zero-order valence-electron chi connectivity index (χ0n) is 15.1. The van der Waals surface area contributed by atoms with Gasteiger partial charge in [-0.3, -0.25) is 4.79 Å². The van der Waals surface area contributed by atoms with Crippen LogP contribution in [0, 0.1) is 5.92 Å². The number of hydrogen-bond acceptors (Lipinski definition) is 5. The van der Waals surface area contributed by atoms with E-state index in [4.69, 9.17) is 9.47 Å². The van der Waals surface area contributed by atoms with Gasteiger partial charge in [0.1, 0.15) is 11.1 Å². The van der Waals surface area contributed by atoms with Crippen LogP contribution in [0.2, 0.25) is 0 Å². The van der Waals surface area contributed by atoms with E-state index in [1.54, 1.807) is 20.8 Å². The smallest absolute Gasteiger partial charge is 0.408 e. The molecule has 0 bridgehead atoms. The first-order valence-electron chi connectivity index (χ1n) is 7.82. The first kappa shape index (κ1) is 19.7. The molecular weight excluding hydrogens is 300 g/mol. The van der Waals surface area contributed by atoms with Gasteiger partial charge >= 0.3 is 6.09 Å². The lowest BCUT2D eigenvalue weighted by Crippen LogP contribution is -2.75. The molecule has 134 valence electrons. The van der Waals surface area contributed by atoms with E-state index in [1.807, 2.05) is 20.8 Å². The van der Waals surface area contributed by atoms with E-state index in [-0.39, 0.29) is 25.0 Å². The van der Waals surface area contributed by atoms with Gasteiger partial charge < -0.3 is 25.2 Å². The average Bonchev–Trinajstić information content (AvgIpc) is 2.29. The van der Waals surface area contributed by atoms with Gasteiger partial charge in [0.2, 0.25) is 5.91 Å². The molecular formula is C16H30N2O5. The number of aliphatic hydroxyl groups is 1. The van der Waals surface area contributed by atoms with Crippen LogP contribution in [0.4, 0.5) is 4.79 Å². The van der Waals surface area contributed by atoms with E-state index < -0.39 is 28.7 Å². The van der Waals surface area contributed by atoms with Crippen molar-refractivity contribution in [2.75, 3.05) is 13.7 Å². The second-order valence-corrected chi connectivity index (χ2v) is 8.07. The third kappa shape index (κ3) is 4.81. The number of amides is 2. The average molecular weight is 330 g/mol. The molecule has 0 saturated heterocycles. The van der Waals surface area contributed by atoms with Gasteiger partial charge in [0.25, 0.3) is 0 Å². The summed E-state index contributed by atoms with van der Waals surface area (Å²) in [6, 6.07) is 0. The lowest BCUT2D eigenvalue weighted by molar-refractivity contribution is -0.157. The summed E-state index contributed by atoms with van der Waals surface area (Å²) in [6.07, 6.45) is -0.689. The Morgan fingerprint density at radius 3 is 2.17 bits per heavy atom. The molecule has 1 aliphatic rings. The van der Waals surface area contributed by atoms with E-state index in [0.29, 0.717) is 0 Å². The molecule has 0 aliphatic heterocycles. The standard InChI is InChI=1S/C16H30N2O5/c1-14(2,3)17-12(20)16(8-11(22-7)10(16)9-19)18-13(21)23-15(4,5)6/h10-11,19H,8-9H2,1-7H3,(H,17,20)(H,18,21). The van der Waals surface area contributed by atoms with E-state index in [0.717, 1.165) is 0 Å².